The number of likely N-dealkylation sites (tertiary alicyclic amines) is 1. The zero-order valence-corrected chi connectivity index (χ0v) is 17.4. The van der Waals surface area contributed by atoms with Crippen molar-refractivity contribution >= 4 is 0 Å². The van der Waals surface area contributed by atoms with Crippen molar-refractivity contribution in [2.45, 2.75) is 50.9 Å². The molecule has 2 saturated heterocycles. The van der Waals surface area contributed by atoms with Gasteiger partial charge in [-0.05, 0) is 61.7 Å². The van der Waals surface area contributed by atoms with Gasteiger partial charge in [0.05, 0.1) is 13.7 Å². The van der Waals surface area contributed by atoms with Crippen LogP contribution in [0.1, 0.15) is 42.4 Å². The van der Waals surface area contributed by atoms with E-state index in [0.717, 1.165) is 30.9 Å². The summed E-state index contributed by atoms with van der Waals surface area (Å²) in [6, 6.07) is 14.4. The fourth-order valence-electron chi connectivity index (χ4n) is 4.94. The molecule has 2 aliphatic heterocycles. The van der Waals surface area contributed by atoms with E-state index in [2.05, 4.69) is 28.4 Å². The monoisotopic (exact) mass is 398 g/mol. The van der Waals surface area contributed by atoms with Gasteiger partial charge in [-0.15, -0.1) is 0 Å². The highest BCUT2D eigenvalue weighted by molar-refractivity contribution is 5.37. The number of fused-ring (bicyclic) bond motifs is 1. The standard InChI is InChI=1S/C24H31FN2O2/c1-3-29-16-19-13-17(6-11-23(19)28-2)15-27-12-4-5-22-24(27)21(14-26-22)18-7-9-20(25)10-8-18/h6-11,13,21-22,24,26H,3-5,12,14-16H2,1-2H3/t21-,22-,24-/m1/s1. The maximum atomic E-state index is 13.4. The van der Waals surface area contributed by atoms with Crippen LogP contribution in [-0.2, 0) is 17.9 Å². The van der Waals surface area contributed by atoms with E-state index >= 15 is 0 Å². The van der Waals surface area contributed by atoms with E-state index in [9.17, 15) is 4.39 Å². The van der Waals surface area contributed by atoms with Crippen LogP contribution in [0, 0.1) is 5.82 Å². The van der Waals surface area contributed by atoms with Gasteiger partial charge in [-0.2, -0.15) is 0 Å². The molecule has 4 nitrogen and oxygen atoms in total. The molecule has 4 rings (SSSR count). The summed E-state index contributed by atoms with van der Waals surface area (Å²) >= 11 is 0. The second kappa shape index (κ2) is 9.24. The molecule has 0 bridgehead atoms. The summed E-state index contributed by atoms with van der Waals surface area (Å²) in [7, 11) is 1.71. The maximum Gasteiger partial charge on any atom is 0.124 e. The molecule has 0 spiro atoms. The van der Waals surface area contributed by atoms with Gasteiger partial charge < -0.3 is 14.8 Å². The predicted octanol–water partition coefficient (Wildman–Crippen LogP) is 4.09. The number of piperidine rings is 1. The average molecular weight is 399 g/mol. The van der Waals surface area contributed by atoms with Gasteiger partial charge in [0.1, 0.15) is 11.6 Å². The van der Waals surface area contributed by atoms with E-state index in [4.69, 9.17) is 9.47 Å². The smallest absolute Gasteiger partial charge is 0.124 e. The molecule has 0 aromatic heterocycles. The van der Waals surface area contributed by atoms with E-state index in [1.165, 1.54) is 24.0 Å². The SMILES string of the molecule is CCOCc1cc(CN2CCC[C@H]3NC[C@H](c4ccc(F)cc4)[C@H]32)ccc1OC. The Kier molecular flexibility index (Phi) is 6.48. The van der Waals surface area contributed by atoms with Gasteiger partial charge >= 0.3 is 0 Å². The highest BCUT2D eigenvalue weighted by Gasteiger charge is 2.42. The van der Waals surface area contributed by atoms with Gasteiger partial charge in [0.25, 0.3) is 0 Å². The van der Waals surface area contributed by atoms with E-state index in [0.29, 0.717) is 31.2 Å². The molecule has 2 aromatic carbocycles. The number of halogens is 1. The van der Waals surface area contributed by atoms with Gasteiger partial charge in [-0.1, -0.05) is 18.2 Å². The van der Waals surface area contributed by atoms with Crippen LogP contribution in [0.3, 0.4) is 0 Å². The van der Waals surface area contributed by atoms with Crippen LogP contribution in [0.4, 0.5) is 4.39 Å². The predicted molar refractivity (Wildman–Crippen MR) is 113 cm³/mol. The lowest BCUT2D eigenvalue weighted by Gasteiger charge is -2.40. The molecule has 0 unspecified atom stereocenters. The Morgan fingerprint density at radius 2 is 2.00 bits per heavy atom. The summed E-state index contributed by atoms with van der Waals surface area (Å²) in [5.74, 6) is 1.10. The summed E-state index contributed by atoms with van der Waals surface area (Å²) < 4.78 is 24.5. The van der Waals surface area contributed by atoms with Crippen LogP contribution in [0.25, 0.3) is 0 Å². The molecule has 29 heavy (non-hydrogen) atoms. The summed E-state index contributed by atoms with van der Waals surface area (Å²) in [6.45, 7) is 6.22. The van der Waals surface area contributed by atoms with Crippen molar-refractivity contribution in [1.29, 1.82) is 0 Å². The molecule has 2 fully saturated rings. The average Bonchev–Trinajstić information content (AvgIpc) is 3.18. The first-order valence-corrected chi connectivity index (χ1v) is 10.7. The first kappa shape index (κ1) is 20.3. The molecule has 0 saturated carbocycles. The summed E-state index contributed by atoms with van der Waals surface area (Å²) in [4.78, 5) is 2.61. The van der Waals surface area contributed by atoms with Crippen molar-refractivity contribution in [2.24, 2.45) is 0 Å². The van der Waals surface area contributed by atoms with Crippen LogP contribution in [-0.4, -0.2) is 43.8 Å². The van der Waals surface area contributed by atoms with Crippen LogP contribution in [0.15, 0.2) is 42.5 Å². The molecule has 156 valence electrons. The van der Waals surface area contributed by atoms with Crippen molar-refractivity contribution in [1.82, 2.24) is 10.2 Å². The number of hydrogen-bond donors (Lipinski definition) is 1. The van der Waals surface area contributed by atoms with Crippen molar-refractivity contribution < 1.29 is 13.9 Å². The molecule has 1 N–H and O–H groups in total. The minimum absolute atomic E-state index is 0.170. The maximum absolute atomic E-state index is 13.4. The molecule has 0 aliphatic carbocycles. The third-order valence-electron chi connectivity index (χ3n) is 6.30. The molecule has 2 heterocycles. The number of ether oxygens (including phenoxy) is 2. The fourth-order valence-corrected chi connectivity index (χ4v) is 4.94. The van der Waals surface area contributed by atoms with Crippen molar-refractivity contribution in [3.63, 3.8) is 0 Å². The second-order valence-corrected chi connectivity index (χ2v) is 8.06. The molecule has 2 aromatic rings. The topological polar surface area (TPSA) is 33.7 Å². The Balaban J connectivity index is 1.55. The first-order valence-electron chi connectivity index (χ1n) is 10.7. The molecule has 2 aliphatic rings. The Morgan fingerprint density at radius 3 is 2.76 bits per heavy atom. The van der Waals surface area contributed by atoms with E-state index in [-0.39, 0.29) is 5.82 Å². The third-order valence-corrected chi connectivity index (χ3v) is 6.30. The summed E-state index contributed by atoms with van der Waals surface area (Å²) in [5, 5.41) is 3.72. The van der Waals surface area contributed by atoms with E-state index in [1.54, 1.807) is 19.2 Å². The van der Waals surface area contributed by atoms with Gasteiger partial charge in [-0.3, -0.25) is 4.90 Å². The normalized spacial score (nSPS) is 24.4. The highest BCUT2D eigenvalue weighted by atomic mass is 19.1. The summed E-state index contributed by atoms with van der Waals surface area (Å²) in [6.07, 6.45) is 2.41. The molecule has 0 amide bonds. The Bertz CT molecular complexity index is 811. The van der Waals surface area contributed by atoms with Crippen molar-refractivity contribution in [3.05, 3.63) is 65.0 Å². The molecule has 5 heteroatoms. The Morgan fingerprint density at radius 1 is 1.17 bits per heavy atom. The number of hydrogen-bond acceptors (Lipinski definition) is 4. The van der Waals surface area contributed by atoms with Gasteiger partial charge in [0.2, 0.25) is 0 Å². The van der Waals surface area contributed by atoms with Crippen LogP contribution in [0.2, 0.25) is 0 Å². The first-order chi connectivity index (χ1) is 14.2. The minimum atomic E-state index is -0.170. The largest absolute Gasteiger partial charge is 0.496 e. The van der Waals surface area contributed by atoms with Crippen LogP contribution in [0.5, 0.6) is 5.75 Å². The Labute approximate surface area is 173 Å². The Hall–Kier alpha value is -1.95. The van der Waals surface area contributed by atoms with Gasteiger partial charge in [0.15, 0.2) is 0 Å². The number of methoxy groups -OCH3 is 1. The van der Waals surface area contributed by atoms with E-state index in [1.807, 2.05) is 19.1 Å². The van der Waals surface area contributed by atoms with Crippen LogP contribution >= 0.6 is 0 Å². The molecule has 0 radical (unpaired) electrons. The number of rotatable bonds is 7. The zero-order valence-electron chi connectivity index (χ0n) is 17.4. The highest BCUT2D eigenvalue weighted by Crippen LogP contribution is 2.36. The number of benzene rings is 2. The van der Waals surface area contributed by atoms with Gasteiger partial charge in [0, 0.05) is 43.3 Å². The lowest BCUT2D eigenvalue weighted by Crippen LogP contribution is -2.49. The molecule has 3 atom stereocenters. The lowest BCUT2D eigenvalue weighted by molar-refractivity contribution is 0.119. The fraction of sp³-hybridized carbons (Fsp3) is 0.500. The van der Waals surface area contributed by atoms with Crippen LogP contribution < -0.4 is 10.1 Å². The minimum Gasteiger partial charge on any atom is -0.496 e. The zero-order chi connectivity index (χ0) is 20.2. The number of nitrogens with one attached hydrogen (secondary N) is 1. The third kappa shape index (κ3) is 4.47. The lowest BCUT2D eigenvalue weighted by atomic mass is 9.86. The molecular weight excluding hydrogens is 367 g/mol. The second-order valence-electron chi connectivity index (χ2n) is 8.06. The van der Waals surface area contributed by atoms with E-state index < -0.39 is 0 Å². The quantitative estimate of drug-likeness (QED) is 0.762. The van der Waals surface area contributed by atoms with Crippen molar-refractivity contribution in [2.75, 3.05) is 26.8 Å². The van der Waals surface area contributed by atoms with Gasteiger partial charge in [-0.25, -0.2) is 4.39 Å². The van der Waals surface area contributed by atoms with Crippen molar-refractivity contribution in [3.8, 4) is 5.75 Å². The molecular formula is C24H31FN2O2. The number of nitrogens with zero attached hydrogens (tertiary/aromatic N) is 1. The summed E-state index contributed by atoms with van der Waals surface area (Å²) in [5.41, 5.74) is 3.61.